The molecule has 0 saturated carbocycles. The third-order valence-corrected chi connectivity index (χ3v) is 3.85. The van der Waals surface area contributed by atoms with E-state index in [1.54, 1.807) is 25.7 Å². The van der Waals surface area contributed by atoms with Gasteiger partial charge in [-0.3, -0.25) is 9.69 Å². The second-order valence-electron chi connectivity index (χ2n) is 6.13. The number of likely N-dealkylation sites (N-methyl/N-ethyl adjacent to an activating group) is 1. The molecule has 0 saturated heterocycles. The third-order valence-electron chi connectivity index (χ3n) is 3.85. The Hall–Kier alpha value is -1.66. The lowest BCUT2D eigenvalue weighted by molar-refractivity contribution is -0.150. The number of ether oxygens (including phenoxy) is 1. The molecular weight excluding hydrogens is 294 g/mol. The number of allylic oxidation sites excluding steroid dienone is 2. The second kappa shape index (κ2) is 9.47. The second-order valence-corrected chi connectivity index (χ2v) is 6.13. The molecule has 2 unspecified atom stereocenters. The van der Waals surface area contributed by atoms with Crippen molar-refractivity contribution in [2.24, 2.45) is 5.73 Å². The predicted molar refractivity (Wildman–Crippen MR) is 92.7 cm³/mol. The maximum atomic E-state index is 12.3. The van der Waals surface area contributed by atoms with Gasteiger partial charge in [-0.25, -0.2) is 4.79 Å². The number of carbonyl (C=O) groups is 2. The molecule has 2 N–H and O–H groups in total. The summed E-state index contributed by atoms with van der Waals surface area (Å²) < 4.78 is 5.23. The van der Waals surface area contributed by atoms with Gasteiger partial charge in [-0.15, -0.1) is 0 Å². The van der Waals surface area contributed by atoms with Gasteiger partial charge in [0, 0.05) is 22.9 Å². The van der Waals surface area contributed by atoms with Crippen molar-refractivity contribution in [1.29, 1.82) is 0 Å². The van der Waals surface area contributed by atoms with Crippen LogP contribution in [0, 0.1) is 0 Å². The molecule has 0 aromatic heterocycles. The van der Waals surface area contributed by atoms with E-state index in [9.17, 15) is 9.59 Å². The SMILES string of the molecule is CCC(/C(N)=C(/C)C(=O)/C=C(\C)C(=O)OC(C)N(C)C)N(C)C. The molecule has 0 rings (SSSR count). The molecule has 0 aromatic rings. The summed E-state index contributed by atoms with van der Waals surface area (Å²) in [7, 11) is 7.45. The summed E-state index contributed by atoms with van der Waals surface area (Å²) in [5.74, 6) is -0.777. The van der Waals surface area contributed by atoms with Gasteiger partial charge >= 0.3 is 5.97 Å². The molecule has 0 aliphatic carbocycles. The van der Waals surface area contributed by atoms with E-state index in [4.69, 9.17) is 10.5 Å². The summed E-state index contributed by atoms with van der Waals surface area (Å²) in [6.45, 7) is 7.02. The molecule has 6 heteroatoms. The van der Waals surface area contributed by atoms with Crippen molar-refractivity contribution in [3.8, 4) is 0 Å². The summed E-state index contributed by atoms with van der Waals surface area (Å²) in [4.78, 5) is 28.0. The Morgan fingerprint density at radius 3 is 2.04 bits per heavy atom. The van der Waals surface area contributed by atoms with Gasteiger partial charge in [0.1, 0.15) is 0 Å². The fraction of sp³-hybridized carbons (Fsp3) is 0.647. The van der Waals surface area contributed by atoms with Crippen LogP contribution in [0.5, 0.6) is 0 Å². The normalized spacial score (nSPS) is 16.2. The van der Waals surface area contributed by atoms with E-state index in [0.717, 1.165) is 6.42 Å². The van der Waals surface area contributed by atoms with Crippen molar-refractivity contribution in [2.75, 3.05) is 28.2 Å². The maximum absolute atomic E-state index is 12.3. The molecule has 0 aromatic carbocycles. The minimum atomic E-state index is -0.509. The van der Waals surface area contributed by atoms with E-state index in [0.29, 0.717) is 11.3 Å². The van der Waals surface area contributed by atoms with Crippen LogP contribution >= 0.6 is 0 Å². The van der Waals surface area contributed by atoms with E-state index in [2.05, 4.69) is 0 Å². The van der Waals surface area contributed by atoms with Crippen molar-refractivity contribution < 1.29 is 14.3 Å². The van der Waals surface area contributed by atoms with Crippen LogP contribution < -0.4 is 5.73 Å². The Morgan fingerprint density at radius 1 is 1.13 bits per heavy atom. The van der Waals surface area contributed by atoms with Gasteiger partial charge in [0.05, 0.1) is 0 Å². The van der Waals surface area contributed by atoms with Gasteiger partial charge in [-0.05, 0) is 61.5 Å². The number of hydrogen-bond acceptors (Lipinski definition) is 6. The Kier molecular flexibility index (Phi) is 8.79. The molecule has 132 valence electrons. The Morgan fingerprint density at radius 2 is 1.65 bits per heavy atom. The fourth-order valence-electron chi connectivity index (χ4n) is 1.97. The quantitative estimate of drug-likeness (QED) is 0.414. The number of esters is 1. The number of ketones is 1. The molecular formula is C17H31N3O3. The fourth-order valence-corrected chi connectivity index (χ4v) is 1.97. The number of nitrogens with zero attached hydrogens (tertiary/aromatic N) is 2. The van der Waals surface area contributed by atoms with Crippen LogP contribution in [-0.2, 0) is 14.3 Å². The van der Waals surface area contributed by atoms with Crippen molar-refractivity contribution in [2.45, 2.75) is 46.4 Å². The van der Waals surface area contributed by atoms with Crippen molar-refractivity contribution in [1.82, 2.24) is 9.80 Å². The molecule has 0 amide bonds. The Balaban J connectivity index is 5.19. The Bertz CT molecular complexity index is 493. The first-order chi connectivity index (χ1) is 10.5. The summed E-state index contributed by atoms with van der Waals surface area (Å²) in [6.07, 6.45) is 1.73. The van der Waals surface area contributed by atoms with E-state index < -0.39 is 5.97 Å². The zero-order chi connectivity index (χ0) is 18.3. The van der Waals surface area contributed by atoms with Crippen molar-refractivity contribution in [3.05, 3.63) is 22.9 Å². The van der Waals surface area contributed by atoms with Gasteiger partial charge in [-0.2, -0.15) is 0 Å². The number of nitrogens with two attached hydrogens (primary N) is 1. The lowest BCUT2D eigenvalue weighted by atomic mass is 10.0. The molecule has 0 aliphatic rings. The monoisotopic (exact) mass is 325 g/mol. The van der Waals surface area contributed by atoms with E-state index >= 15 is 0 Å². The zero-order valence-electron chi connectivity index (χ0n) is 15.6. The third kappa shape index (κ3) is 6.54. The van der Waals surface area contributed by atoms with Crippen LogP contribution in [0.3, 0.4) is 0 Å². The summed E-state index contributed by atoms with van der Waals surface area (Å²) in [5.41, 5.74) is 7.36. The molecule has 0 fully saturated rings. The molecule has 2 atom stereocenters. The maximum Gasteiger partial charge on any atom is 0.335 e. The summed E-state index contributed by atoms with van der Waals surface area (Å²) >= 11 is 0. The van der Waals surface area contributed by atoms with Gasteiger partial charge in [0.15, 0.2) is 12.0 Å². The smallest absolute Gasteiger partial charge is 0.335 e. The summed E-state index contributed by atoms with van der Waals surface area (Å²) in [6, 6.07) is -0.00614. The number of hydrogen-bond donors (Lipinski definition) is 1. The summed E-state index contributed by atoms with van der Waals surface area (Å²) in [5, 5.41) is 0. The lowest BCUT2D eigenvalue weighted by Gasteiger charge is -2.24. The largest absolute Gasteiger partial charge is 0.443 e. The Labute approximate surface area is 139 Å². The standard InChI is InChI=1S/C17H31N3O3/c1-9-14(20(7)8)16(18)12(3)15(21)10-11(2)17(22)23-13(4)19(5)6/h10,13-14H,9,18H2,1-8H3/b11-10+,16-12+. The molecule has 0 heterocycles. The molecule has 0 aliphatic heterocycles. The van der Waals surface area contributed by atoms with E-state index in [1.165, 1.54) is 6.08 Å². The molecule has 23 heavy (non-hydrogen) atoms. The van der Waals surface area contributed by atoms with Crippen LogP contribution in [-0.4, -0.2) is 62.0 Å². The van der Waals surface area contributed by atoms with Gasteiger partial charge in [-0.1, -0.05) is 6.92 Å². The lowest BCUT2D eigenvalue weighted by Crippen LogP contribution is -2.34. The molecule has 0 spiro atoms. The predicted octanol–water partition coefficient (Wildman–Crippen LogP) is 1.53. The minimum Gasteiger partial charge on any atom is -0.443 e. The topological polar surface area (TPSA) is 75.9 Å². The molecule has 0 bridgehead atoms. The van der Waals surface area contributed by atoms with E-state index in [1.807, 2.05) is 40.0 Å². The highest BCUT2D eigenvalue weighted by Gasteiger charge is 2.19. The molecule has 0 radical (unpaired) electrons. The number of rotatable bonds is 8. The first-order valence-electron chi connectivity index (χ1n) is 7.75. The highest BCUT2D eigenvalue weighted by molar-refractivity contribution is 6.08. The van der Waals surface area contributed by atoms with Crippen LogP contribution in [0.1, 0.15) is 34.1 Å². The first kappa shape index (κ1) is 21.3. The average molecular weight is 325 g/mol. The van der Waals surface area contributed by atoms with E-state index in [-0.39, 0.29) is 23.6 Å². The average Bonchev–Trinajstić information content (AvgIpc) is 2.45. The highest BCUT2D eigenvalue weighted by Crippen LogP contribution is 2.13. The van der Waals surface area contributed by atoms with Gasteiger partial charge < -0.3 is 15.4 Å². The van der Waals surface area contributed by atoms with Crippen LogP contribution in [0.4, 0.5) is 0 Å². The minimum absolute atomic E-state index is 0.00614. The van der Waals surface area contributed by atoms with Gasteiger partial charge in [0.2, 0.25) is 0 Å². The van der Waals surface area contributed by atoms with Gasteiger partial charge in [0.25, 0.3) is 0 Å². The van der Waals surface area contributed by atoms with Crippen LogP contribution in [0.2, 0.25) is 0 Å². The van der Waals surface area contributed by atoms with Crippen LogP contribution in [0.15, 0.2) is 22.9 Å². The highest BCUT2D eigenvalue weighted by atomic mass is 16.6. The zero-order valence-corrected chi connectivity index (χ0v) is 15.6. The molecule has 6 nitrogen and oxygen atoms in total. The first-order valence-corrected chi connectivity index (χ1v) is 7.75. The number of carbonyl (C=O) groups excluding carboxylic acids is 2. The van der Waals surface area contributed by atoms with Crippen LogP contribution in [0.25, 0.3) is 0 Å². The van der Waals surface area contributed by atoms with Crippen molar-refractivity contribution in [3.63, 3.8) is 0 Å². The van der Waals surface area contributed by atoms with Crippen molar-refractivity contribution >= 4 is 11.8 Å².